The van der Waals surface area contributed by atoms with Gasteiger partial charge in [0.05, 0.1) is 16.4 Å². The van der Waals surface area contributed by atoms with E-state index in [0.29, 0.717) is 0 Å². The first kappa shape index (κ1) is 15.2. The first-order chi connectivity index (χ1) is 9.81. The molecule has 9 heteroatoms. The molecule has 21 heavy (non-hydrogen) atoms. The highest BCUT2D eigenvalue weighted by Gasteiger charge is 2.38. The molecule has 1 unspecified atom stereocenters. The van der Waals surface area contributed by atoms with Crippen molar-refractivity contribution in [3.05, 3.63) is 33.1 Å². The minimum absolute atomic E-state index is 0.0488. The molecule has 8 nitrogen and oxygen atoms in total. The van der Waals surface area contributed by atoms with Gasteiger partial charge in [0.15, 0.2) is 0 Å². The van der Waals surface area contributed by atoms with Crippen LogP contribution in [0.4, 0.5) is 5.69 Å². The third kappa shape index (κ3) is 2.94. The number of aliphatic carboxylic acids is 1. The summed E-state index contributed by atoms with van der Waals surface area (Å²) in [5, 5.41) is 19.5. The van der Waals surface area contributed by atoms with Crippen molar-refractivity contribution < 1.29 is 19.6 Å². The van der Waals surface area contributed by atoms with Gasteiger partial charge in [-0.25, -0.2) is 4.98 Å². The Kier molecular flexibility index (Phi) is 4.08. The van der Waals surface area contributed by atoms with Crippen LogP contribution in [0.15, 0.2) is 12.3 Å². The maximum atomic E-state index is 12.2. The highest BCUT2D eigenvalue weighted by molar-refractivity contribution is 6.32. The Morgan fingerprint density at radius 3 is 2.71 bits per heavy atom. The van der Waals surface area contributed by atoms with Crippen LogP contribution in [0.2, 0.25) is 5.15 Å². The number of rotatable bonds is 4. The van der Waals surface area contributed by atoms with Gasteiger partial charge in [0.2, 0.25) is 0 Å². The Bertz CT molecular complexity index is 615. The molecule has 0 radical (unpaired) electrons. The summed E-state index contributed by atoms with van der Waals surface area (Å²) < 4.78 is 0. The van der Waals surface area contributed by atoms with E-state index >= 15 is 0 Å². The van der Waals surface area contributed by atoms with Crippen molar-refractivity contribution in [2.24, 2.45) is 11.8 Å². The highest BCUT2D eigenvalue weighted by Crippen LogP contribution is 2.28. The first-order valence-corrected chi connectivity index (χ1v) is 6.51. The van der Waals surface area contributed by atoms with E-state index in [4.69, 9.17) is 16.7 Å². The van der Waals surface area contributed by atoms with Crippen LogP contribution < -0.4 is 0 Å². The summed E-state index contributed by atoms with van der Waals surface area (Å²) in [7, 11) is 0. The van der Waals surface area contributed by atoms with Crippen molar-refractivity contribution in [2.75, 3.05) is 13.1 Å². The SMILES string of the molecule is CC(C(=O)O)C1CN(C(=O)c2cc([N+](=O)[O-])cnc2Cl)C1. The molecule has 0 aromatic carbocycles. The molecular formula is C12H12ClN3O5. The number of nitrogens with zero attached hydrogens (tertiary/aromatic N) is 3. The van der Waals surface area contributed by atoms with Crippen LogP contribution >= 0.6 is 11.6 Å². The maximum Gasteiger partial charge on any atom is 0.306 e. The van der Waals surface area contributed by atoms with Crippen molar-refractivity contribution in [1.29, 1.82) is 0 Å². The number of carbonyl (C=O) groups is 2. The number of pyridine rings is 1. The Hall–Kier alpha value is -2.22. The Labute approximate surface area is 124 Å². The van der Waals surface area contributed by atoms with Gasteiger partial charge in [-0.2, -0.15) is 0 Å². The summed E-state index contributed by atoms with van der Waals surface area (Å²) in [5.74, 6) is -2.07. The van der Waals surface area contributed by atoms with E-state index in [-0.39, 0.29) is 35.4 Å². The molecule has 2 heterocycles. The molecule has 1 aromatic heterocycles. The zero-order valence-electron chi connectivity index (χ0n) is 11.0. The highest BCUT2D eigenvalue weighted by atomic mass is 35.5. The lowest BCUT2D eigenvalue weighted by Gasteiger charge is -2.41. The van der Waals surface area contributed by atoms with E-state index in [0.717, 1.165) is 12.3 Å². The molecule has 1 amide bonds. The lowest BCUT2D eigenvalue weighted by Crippen LogP contribution is -2.53. The van der Waals surface area contributed by atoms with Gasteiger partial charge in [-0.1, -0.05) is 18.5 Å². The van der Waals surface area contributed by atoms with Crippen molar-refractivity contribution in [1.82, 2.24) is 9.88 Å². The van der Waals surface area contributed by atoms with Crippen LogP contribution in [-0.4, -0.2) is 44.9 Å². The largest absolute Gasteiger partial charge is 0.481 e. The number of hydrogen-bond acceptors (Lipinski definition) is 5. The number of carboxylic acids is 1. The summed E-state index contributed by atoms with van der Waals surface area (Å²) in [5.41, 5.74) is -0.369. The van der Waals surface area contributed by atoms with Gasteiger partial charge in [-0.15, -0.1) is 0 Å². The minimum Gasteiger partial charge on any atom is -0.481 e. The molecule has 1 N–H and O–H groups in total. The molecular weight excluding hydrogens is 302 g/mol. The summed E-state index contributed by atoms with van der Waals surface area (Å²) >= 11 is 5.79. The van der Waals surface area contributed by atoms with Crippen molar-refractivity contribution in [3.8, 4) is 0 Å². The smallest absolute Gasteiger partial charge is 0.306 e. The third-order valence-electron chi connectivity index (χ3n) is 3.56. The predicted molar refractivity (Wildman–Crippen MR) is 72.1 cm³/mol. The molecule has 1 atom stereocenters. The minimum atomic E-state index is -0.915. The molecule has 1 fully saturated rings. The van der Waals surface area contributed by atoms with E-state index in [9.17, 15) is 19.7 Å². The zero-order chi connectivity index (χ0) is 15.7. The monoisotopic (exact) mass is 313 g/mol. The van der Waals surface area contributed by atoms with Crippen LogP contribution in [0.3, 0.4) is 0 Å². The van der Waals surface area contributed by atoms with Crippen LogP contribution in [-0.2, 0) is 4.79 Å². The number of carboxylic acid groups (broad SMARTS) is 1. The fourth-order valence-electron chi connectivity index (χ4n) is 2.05. The summed E-state index contributed by atoms with van der Waals surface area (Å²) in [6.07, 6.45) is 0.977. The van der Waals surface area contributed by atoms with Crippen LogP contribution in [0.25, 0.3) is 0 Å². The number of hydrogen-bond donors (Lipinski definition) is 1. The summed E-state index contributed by atoms with van der Waals surface area (Å²) in [6.45, 7) is 2.15. The molecule has 0 bridgehead atoms. The first-order valence-electron chi connectivity index (χ1n) is 6.13. The third-order valence-corrected chi connectivity index (χ3v) is 3.86. The van der Waals surface area contributed by atoms with Crippen molar-refractivity contribution >= 4 is 29.2 Å². The fraction of sp³-hybridized carbons (Fsp3) is 0.417. The summed E-state index contributed by atoms with van der Waals surface area (Å²) in [4.78, 5) is 38.1. The van der Waals surface area contributed by atoms with Crippen molar-refractivity contribution in [3.63, 3.8) is 0 Å². The molecule has 1 aromatic rings. The van der Waals surface area contributed by atoms with Gasteiger partial charge in [0.25, 0.3) is 11.6 Å². The lowest BCUT2D eigenvalue weighted by molar-refractivity contribution is -0.385. The Morgan fingerprint density at radius 1 is 1.57 bits per heavy atom. The number of halogens is 1. The normalized spacial score (nSPS) is 16.2. The maximum absolute atomic E-state index is 12.2. The van der Waals surface area contributed by atoms with E-state index < -0.39 is 22.7 Å². The number of amides is 1. The number of likely N-dealkylation sites (tertiary alicyclic amines) is 1. The van der Waals surface area contributed by atoms with Gasteiger partial charge >= 0.3 is 5.97 Å². The van der Waals surface area contributed by atoms with E-state index in [1.807, 2.05) is 0 Å². The molecule has 1 saturated heterocycles. The number of aromatic nitrogens is 1. The second-order valence-corrected chi connectivity index (χ2v) is 5.24. The molecule has 0 saturated carbocycles. The van der Waals surface area contributed by atoms with E-state index in [2.05, 4.69) is 4.98 Å². The van der Waals surface area contributed by atoms with Gasteiger partial charge in [0, 0.05) is 25.1 Å². The molecule has 112 valence electrons. The van der Waals surface area contributed by atoms with Gasteiger partial charge in [-0.05, 0) is 0 Å². The quantitative estimate of drug-likeness (QED) is 0.511. The van der Waals surface area contributed by atoms with Crippen LogP contribution in [0.1, 0.15) is 17.3 Å². The molecule has 1 aliphatic heterocycles. The van der Waals surface area contributed by atoms with E-state index in [1.54, 1.807) is 6.92 Å². The Morgan fingerprint density at radius 2 is 2.19 bits per heavy atom. The predicted octanol–water partition coefficient (Wildman–Crippen LogP) is 1.44. The Balaban J connectivity index is 2.11. The van der Waals surface area contributed by atoms with Crippen LogP contribution in [0, 0.1) is 22.0 Å². The number of carbonyl (C=O) groups excluding carboxylic acids is 1. The van der Waals surface area contributed by atoms with E-state index in [1.165, 1.54) is 4.90 Å². The van der Waals surface area contributed by atoms with Gasteiger partial charge in [-0.3, -0.25) is 19.7 Å². The van der Waals surface area contributed by atoms with Gasteiger partial charge < -0.3 is 10.0 Å². The molecule has 2 rings (SSSR count). The van der Waals surface area contributed by atoms with Gasteiger partial charge in [0.1, 0.15) is 11.3 Å². The molecule has 0 spiro atoms. The topological polar surface area (TPSA) is 114 Å². The standard InChI is InChI=1S/C12H12ClN3O5/c1-6(12(18)19)7-4-15(5-7)11(17)9-2-8(16(20)21)3-14-10(9)13/h2-3,6-7H,4-5H2,1H3,(H,18,19). The lowest BCUT2D eigenvalue weighted by atomic mass is 9.86. The summed E-state index contributed by atoms with van der Waals surface area (Å²) in [6, 6.07) is 1.08. The second kappa shape index (κ2) is 5.65. The van der Waals surface area contributed by atoms with Crippen molar-refractivity contribution in [2.45, 2.75) is 6.92 Å². The fourth-order valence-corrected chi connectivity index (χ4v) is 2.24. The molecule has 1 aliphatic rings. The second-order valence-electron chi connectivity index (χ2n) is 4.89. The van der Waals surface area contributed by atoms with Crippen LogP contribution in [0.5, 0.6) is 0 Å². The average Bonchev–Trinajstić information content (AvgIpc) is 2.36. The average molecular weight is 314 g/mol. The number of nitro groups is 1. The molecule has 0 aliphatic carbocycles. The zero-order valence-corrected chi connectivity index (χ0v) is 11.8.